The van der Waals surface area contributed by atoms with Crippen molar-refractivity contribution in [3.63, 3.8) is 0 Å². The highest BCUT2D eigenvalue weighted by atomic mass is 79.9. The molecule has 6 heteroatoms. The van der Waals surface area contributed by atoms with Crippen molar-refractivity contribution in [1.82, 2.24) is 4.98 Å². The molecule has 0 spiro atoms. The normalized spacial score (nSPS) is 18.2. The van der Waals surface area contributed by atoms with Crippen LogP contribution in [0.15, 0.2) is 27.8 Å². The van der Waals surface area contributed by atoms with Crippen molar-refractivity contribution >= 4 is 25.8 Å². The number of aromatic nitrogens is 1. The number of halogens is 1. The molecule has 1 aliphatic rings. The molecule has 0 saturated carbocycles. The van der Waals surface area contributed by atoms with Crippen LogP contribution in [0.25, 0.3) is 0 Å². The van der Waals surface area contributed by atoms with Gasteiger partial charge in [0.25, 0.3) is 0 Å². The molecule has 1 saturated heterocycles. The van der Waals surface area contributed by atoms with E-state index in [1.807, 2.05) is 0 Å². The molecule has 2 heterocycles. The van der Waals surface area contributed by atoms with Gasteiger partial charge >= 0.3 is 0 Å². The molecule has 1 aromatic heterocycles. The van der Waals surface area contributed by atoms with E-state index in [1.54, 1.807) is 12.1 Å². The highest BCUT2D eigenvalue weighted by Gasteiger charge is 2.25. The molecule has 1 aliphatic heterocycles. The number of hydrogen-bond acceptors (Lipinski definition) is 4. The van der Waals surface area contributed by atoms with Crippen LogP contribution < -0.4 is 0 Å². The van der Waals surface area contributed by atoms with E-state index in [-0.39, 0.29) is 16.7 Å². The maximum atomic E-state index is 12.2. The summed E-state index contributed by atoms with van der Waals surface area (Å²) >= 11 is 3.23. The number of pyridine rings is 1. The van der Waals surface area contributed by atoms with Crippen LogP contribution in [-0.4, -0.2) is 32.4 Å². The third-order valence-corrected chi connectivity index (χ3v) is 5.54. The second-order valence-electron chi connectivity index (χ2n) is 4.13. The van der Waals surface area contributed by atoms with Gasteiger partial charge in [-0.15, -0.1) is 0 Å². The Balaban J connectivity index is 2.16. The molecule has 1 fully saturated rings. The Bertz CT molecular complexity index is 483. The minimum absolute atomic E-state index is 0.145. The highest BCUT2D eigenvalue weighted by Crippen LogP contribution is 2.24. The smallest absolute Gasteiger partial charge is 0.197 e. The number of ether oxygens (including phenoxy) is 1. The van der Waals surface area contributed by atoms with E-state index in [4.69, 9.17) is 4.74 Å². The predicted octanol–water partition coefficient (Wildman–Crippen LogP) is 2.04. The van der Waals surface area contributed by atoms with Gasteiger partial charge in [0.1, 0.15) is 0 Å². The third kappa shape index (κ3) is 3.26. The van der Waals surface area contributed by atoms with Gasteiger partial charge in [-0.1, -0.05) is 0 Å². The van der Waals surface area contributed by atoms with Gasteiger partial charge in [0.05, 0.1) is 10.2 Å². The summed E-state index contributed by atoms with van der Waals surface area (Å²) in [6.45, 7) is 1.31. The third-order valence-electron chi connectivity index (χ3n) is 2.82. The Morgan fingerprint density at radius 1 is 1.41 bits per heavy atom. The Morgan fingerprint density at radius 2 is 2.12 bits per heavy atom. The maximum Gasteiger partial charge on any atom is 0.197 e. The zero-order valence-corrected chi connectivity index (χ0v) is 11.7. The van der Waals surface area contributed by atoms with Crippen LogP contribution in [0.4, 0.5) is 0 Å². The number of nitrogens with zero attached hydrogens (tertiary/aromatic N) is 1. The van der Waals surface area contributed by atoms with Crippen LogP contribution in [-0.2, 0) is 14.6 Å². The van der Waals surface area contributed by atoms with Crippen LogP contribution in [0, 0.1) is 5.92 Å². The van der Waals surface area contributed by atoms with Crippen molar-refractivity contribution < 1.29 is 13.2 Å². The minimum atomic E-state index is -3.30. The summed E-state index contributed by atoms with van der Waals surface area (Å²) in [5.74, 6) is 0.342. The number of hydrogen-bond donors (Lipinski definition) is 0. The molecule has 0 aliphatic carbocycles. The molecule has 0 bridgehead atoms. The first-order valence-corrected chi connectivity index (χ1v) is 7.95. The van der Waals surface area contributed by atoms with Crippen molar-refractivity contribution in [3.8, 4) is 0 Å². The van der Waals surface area contributed by atoms with Crippen LogP contribution in [0.5, 0.6) is 0 Å². The number of rotatable bonds is 3. The molecule has 17 heavy (non-hydrogen) atoms. The van der Waals surface area contributed by atoms with E-state index in [2.05, 4.69) is 20.9 Å². The van der Waals surface area contributed by atoms with Crippen molar-refractivity contribution in [2.45, 2.75) is 17.9 Å². The van der Waals surface area contributed by atoms with Crippen LogP contribution in [0.3, 0.4) is 0 Å². The molecular formula is C11H14BrNO3S. The van der Waals surface area contributed by atoms with Gasteiger partial charge in [-0.25, -0.2) is 13.4 Å². The summed E-state index contributed by atoms with van der Waals surface area (Å²) in [6, 6.07) is 3.40. The van der Waals surface area contributed by atoms with Crippen LogP contribution in [0.2, 0.25) is 0 Å². The second-order valence-corrected chi connectivity index (χ2v) is 6.93. The van der Waals surface area contributed by atoms with E-state index in [1.165, 1.54) is 6.20 Å². The van der Waals surface area contributed by atoms with Crippen molar-refractivity contribution in [1.29, 1.82) is 0 Å². The molecular weight excluding hydrogens is 306 g/mol. The molecule has 94 valence electrons. The summed E-state index contributed by atoms with van der Waals surface area (Å²) in [6.07, 6.45) is 3.12. The zero-order valence-electron chi connectivity index (χ0n) is 9.30. The largest absolute Gasteiger partial charge is 0.381 e. The Labute approximate surface area is 109 Å². The number of sulfone groups is 1. The van der Waals surface area contributed by atoms with Crippen LogP contribution >= 0.6 is 15.9 Å². The van der Waals surface area contributed by atoms with Gasteiger partial charge < -0.3 is 4.74 Å². The lowest BCUT2D eigenvalue weighted by atomic mass is 10.0. The van der Waals surface area contributed by atoms with E-state index >= 15 is 0 Å². The van der Waals surface area contributed by atoms with Gasteiger partial charge in [-0.3, -0.25) is 0 Å². The summed E-state index contributed by atoms with van der Waals surface area (Å²) in [4.78, 5) is 3.95. The first kappa shape index (κ1) is 13.0. The molecule has 0 unspecified atom stereocenters. The fraction of sp³-hybridized carbons (Fsp3) is 0.545. The summed E-state index contributed by atoms with van der Waals surface area (Å²) < 4.78 is 30.1. The maximum absolute atomic E-state index is 12.2. The summed E-state index contributed by atoms with van der Waals surface area (Å²) in [5.41, 5.74) is 0. The molecule has 0 atom stereocenters. The van der Waals surface area contributed by atoms with Crippen molar-refractivity contribution in [2.24, 2.45) is 5.92 Å². The fourth-order valence-corrected chi connectivity index (χ4v) is 4.60. The van der Waals surface area contributed by atoms with Gasteiger partial charge in [-0.05, 0) is 46.8 Å². The quantitative estimate of drug-likeness (QED) is 0.855. The molecule has 0 N–H and O–H groups in total. The minimum Gasteiger partial charge on any atom is -0.381 e. The SMILES string of the molecule is O=S(=O)(CC1CCOCC1)c1ncccc1Br. The average molecular weight is 320 g/mol. The topological polar surface area (TPSA) is 56.3 Å². The van der Waals surface area contributed by atoms with Gasteiger partial charge in [0, 0.05) is 19.4 Å². The van der Waals surface area contributed by atoms with E-state index in [9.17, 15) is 8.42 Å². The molecule has 1 aromatic rings. The fourth-order valence-electron chi connectivity index (χ4n) is 1.90. The van der Waals surface area contributed by atoms with E-state index in [0.717, 1.165) is 12.8 Å². The summed E-state index contributed by atoms with van der Waals surface area (Å²) in [5, 5.41) is 0.145. The monoisotopic (exact) mass is 319 g/mol. The Kier molecular flexibility index (Phi) is 4.17. The molecule has 2 rings (SSSR count). The van der Waals surface area contributed by atoms with Gasteiger partial charge in [0.15, 0.2) is 14.9 Å². The first-order chi connectivity index (χ1) is 8.09. The van der Waals surface area contributed by atoms with Crippen molar-refractivity contribution in [2.75, 3.05) is 19.0 Å². The Hall–Kier alpha value is -0.460. The van der Waals surface area contributed by atoms with E-state index < -0.39 is 9.84 Å². The molecule has 4 nitrogen and oxygen atoms in total. The summed E-state index contributed by atoms with van der Waals surface area (Å²) in [7, 11) is -3.30. The molecule has 0 radical (unpaired) electrons. The lowest BCUT2D eigenvalue weighted by molar-refractivity contribution is 0.0723. The highest BCUT2D eigenvalue weighted by molar-refractivity contribution is 9.10. The molecule has 0 amide bonds. The van der Waals surface area contributed by atoms with Crippen LogP contribution in [0.1, 0.15) is 12.8 Å². The second kappa shape index (κ2) is 5.46. The van der Waals surface area contributed by atoms with E-state index in [0.29, 0.717) is 17.7 Å². The zero-order chi connectivity index (χ0) is 12.3. The lowest BCUT2D eigenvalue weighted by Crippen LogP contribution is -2.24. The Morgan fingerprint density at radius 3 is 2.76 bits per heavy atom. The standard InChI is InChI=1S/C11H14BrNO3S/c12-10-2-1-5-13-11(10)17(14,15)8-9-3-6-16-7-4-9/h1-2,5,9H,3-4,6-8H2. The first-order valence-electron chi connectivity index (χ1n) is 5.50. The predicted molar refractivity (Wildman–Crippen MR) is 67.5 cm³/mol. The molecule has 0 aromatic carbocycles. The average Bonchev–Trinajstić information content (AvgIpc) is 2.30. The lowest BCUT2D eigenvalue weighted by Gasteiger charge is -2.21. The van der Waals surface area contributed by atoms with Gasteiger partial charge in [0.2, 0.25) is 0 Å². The van der Waals surface area contributed by atoms with Gasteiger partial charge in [-0.2, -0.15) is 0 Å². The van der Waals surface area contributed by atoms with Crippen molar-refractivity contribution in [3.05, 3.63) is 22.8 Å².